The second kappa shape index (κ2) is 17.2. The summed E-state index contributed by atoms with van der Waals surface area (Å²) in [5, 5.41) is 24.6. The van der Waals surface area contributed by atoms with Gasteiger partial charge >= 0.3 is 0 Å². The predicted octanol–water partition coefficient (Wildman–Crippen LogP) is 9.20. The Balaban J connectivity index is 1.17. The SMILES string of the molecule is O=C1C(=NNc2ccc(N=Nc3ccc(N=Nc4cccc(S(=O)(=O)O)c4)c4cc(S(=O)(=O)O)ccc34)c3ccc(S(=O)(=O)O)cc23)C(S(=O)(=O)O)=Cc2cc(Nc3ccccc3)ccc21. The minimum absolute atomic E-state index is 0.0124. The number of nitrogens with one attached hydrogen (secondary N) is 2. The number of nitrogens with zero attached hydrogens (tertiary/aromatic N) is 5. The van der Waals surface area contributed by atoms with Crippen molar-refractivity contribution in [1.82, 2.24) is 0 Å². The number of ketones is 1. The Hall–Kier alpha value is -7.42. The van der Waals surface area contributed by atoms with Gasteiger partial charge in [0.25, 0.3) is 40.5 Å². The third-order valence-corrected chi connectivity index (χ3v) is 13.2. The van der Waals surface area contributed by atoms with Crippen LogP contribution in [0.1, 0.15) is 15.9 Å². The van der Waals surface area contributed by atoms with E-state index in [4.69, 9.17) is 0 Å². The van der Waals surface area contributed by atoms with Crippen molar-refractivity contribution in [3.8, 4) is 0 Å². The Morgan fingerprint density at radius 1 is 0.455 bits per heavy atom. The molecule has 20 nitrogen and oxygen atoms in total. The van der Waals surface area contributed by atoms with Crippen LogP contribution in [0.3, 0.4) is 0 Å². The van der Waals surface area contributed by atoms with Gasteiger partial charge in [-0.05, 0) is 109 Å². The number of carbonyl (C=O) groups is 1. The van der Waals surface area contributed by atoms with E-state index in [0.29, 0.717) is 11.4 Å². The summed E-state index contributed by atoms with van der Waals surface area (Å²) < 4.78 is 137. The summed E-state index contributed by atoms with van der Waals surface area (Å²) in [5.74, 6) is -0.873. The number of fused-ring (bicyclic) bond motifs is 3. The molecule has 0 fully saturated rings. The lowest BCUT2D eigenvalue weighted by Gasteiger charge is -2.18. The molecule has 8 rings (SSSR count). The summed E-state index contributed by atoms with van der Waals surface area (Å²) in [6.07, 6.45) is 1.08. The predicted molar refractivity (Wildman–Crippen MR) is 243 cm³/mol. The van der Waals surface area contributed by atoms with E-state index in [2.05, 4.69) is 36.3 Å². The second-order valence-corrected chi connectivity index (χ2v) is 19.8. The fourth-order valence-corrected chi connectivity index (χ4v) is 8.93. The van der Waals surface area contributed by atoms with Crippen molar-refractivity contribution in [2.75, 3.05) is 10.7 Å². The number of hydrazone groups is 1. The number of azo groups is 2. The minimum atomic E-state index is -5.06. The van der Waals surface area contributed by atoms with Gasteiger partial charge in [0.1, 0.15) is 4.91 Å². The molecule has 334 valence electrons. The molecule has 24 heteroatoms. The van der Waals surface area contributed by atoms with Crippen molar-refractivity contribution in [1.29, 1.82) is 0 Å². The Morgan fingerprint density at radius 3 is 1.64 bits per heavy atom. The van der Waals surface area contributed by atoms with Crippen LogP contribution in [0.15, 0.2) is 179 Å². The van der Waals surface area contributed by atoms with Crippen molar-refractivity contribution in [2.45, 2.75) is 14.7 Å². The molecule has 0 aliphatic heterocycles. The number of rotatable bonds is 12. The first-order valence-electron chi connectivity index (χ1n) is 18.7. The van der Waals surface area contributed by atoms with Crippen LogP contribution in [0.5, 0.6) is 0 Å². The molecule has 0 atom stereocenters. The smallest absolute Gasteiger partial charge is 0.296 e. The van der Waals surface area contributed by atoms with Crippen LogP contribution in [0.25, 0.3) is 27.6 Å². The molecule has 0 spiro atoms. The lowest BCUT2D eigenvalue weighted by atomic mass is 9.94. The molecule has 0 amide bonds. The molecule has 6 N–H and O–H groups in total. The number of hydrogen-bond donors (Lipinski definition) is 6. The molecule has 1 aliphatic carbocycles. The molecule has 0 radical (unpaired) electrons. The molecule has 0 bridgehead atoms. The molecule has 7 aromatic rings. The molecular weight excluding hydrogens is 939 g/mol. The number of allylic oxidation sites excluding steroid dienone is 1. The van der Waals surface area contributed by atoms with Crippen LogP contribution in [0.2, 0.25) is 0 Å². The van der Waals surface area contributed by atoms with Gasteiger partial charge in [0.15, 0.2) is 5.71 Å². The maximum Gasteiger partial charge on any atom is 0.296 e. The largest absolute Gasteiger partial charge is 0.356 e. The van der Waals surface area contributed by atoms with Gasteiger partial charge in [0.05, 0.1) is 43.1 Å². The fraction of sp³-hybridized carbons (Fsp3) is 0. The zero-order chi connectivity index (χ0) is 47.2. The first-order valence-corrected chi connectivity index (χ1v) is 24.4. The second-order valence-electron chi connectivity index (χ2n) is 14.2. The summed E-state index contributed by atoms with van der Waals surface area (Å²) in [7, 11) is -19.1. The number of carbonyl (C=O) groups excluding carboxylic acids is 1. The van der Waals surface area contributed by atoms with E-state index < -0.39 is 71.6 Å². The van der Waals surface area contributed by atoms with Gasteiger partial charge in [-0.15, -0.1) is 15.3 Å². The molecule has 7 aromatic carbocycles. The fourth-order valence-electron chi connectivity index (χ4n) is 6.74. The molecule has 1 aliphatic rings. The highest BCUT2D eigenvalue weighted by Gasteiger charge is 2.33. The Bertz CT molecular complexity index is 3790. The van der Waals surface area contributed by atoms with E-state index in [1.807, 2.05) is 6.07 Å². The zero-order valence-corrected chi connectivity index (χ0v) is 36.4. The number of Topliss-reactive ketones (excluding diaryl/α,β-unsaturated/α-hetero) is 1. The monoisotopic (exact) mass is 967 g/mol. The van der Waals surface area contributed by atoms with Gasteiger partial charge < -0.3 is 5.32 Å². The average Bonchev–Trinajstić information content (AvgIpc) is 3.26. The third-order valence-electron chi connectivity index (χ3n) is 9.82. The van der Waals surface area contributed by atoms with E-state index in [1.54, 1.807) is 30.3 Å². The lowest BCUT2D eigenvalue weighted by Crippen LogP contribution is -2.27. The summed E-state index contributed by atoms with van der Waals surface area (Å²) in [6, 6.07) is 31.0. The molecule has 0 aromatic heterocycles. The molecular formula is C42H29N7O13S4. The Kier molecular flexibility index (Phi) is 11.8. The highest BCUT2D eigenvalue weighted by molar-refractivity contribution is 7.91. The first kappa shape index (κ1) is 45.2. The average molecular weight is 968 g/mol. The van der Waals surface area contributed by atoms with E-state index in [0.717, 1.165) is 42.5 Å². The summed E-state index contributed by atoms with van der Waals surface area (Å²) in [6.45, 7) is 0. The number of para-hydroxylation sites is 1. The van der Waals surface area contributed by atoms with Crippen LogP contribution >= 0.6 is 0 Å². The van der Waals surface area contributed by atoms with Crippen molar-refractivity contribution in [3.05, 3.63) is 149 Å². The third kappa shape index (κ3) is 9.65. The van der Waals surface area contributed by atoms with Crippen molar-refractivity contribution in [2.24, 2.45) is 25.6 Å². The van der Waals surface area contributed by atoms with Gasteiger partial charge in [-0.3, -0.25) is 28.4 Å². The standard InChI is InChI=1S/C42H29N7O13S4/c50-42-31-12-9-26(43-25-5-2-1-3-6-25)19-24(31)20-40(66(60,61)62)41(42)49-48-39-18-16-37(33-14-11-30(23-35(33)39)65(57,58)59)47-46-36-15-17-38(34-22-29(64(54,55)56)10-13-32(34)36)45-44-27-7-4-8-28(21-27)63(51,52)53/h1-23,43,48H,(H,51,52,53)(H,54,55,56)(H,57,58,59)(H,60,61,62). The molecule has 0 saturated heterocycles. The van der Waals surface area contributed by atoms with Crippen LogP contribution in [-0.4, -0.2) is 63.4 Å². The van der Waals surface area contributed by atoms with E-state index in [9.17, 15) is 56.7 Å². The van der Waals surface area contributed by atoms with Crippen molar-refractivity contribution < 1.29 is 56.7 Å². The zero-order valence-electron chi connectivity index (χ0n) is 33.1. The van der Waals surface area contributed by atoms with Gasteiger partial charge in [0, 0.05) is 38.5 Å². The summed E-state index contributed by atoms with van der Waals surface area (Å²) in [5.41, 5.74) is 3.60. The Labute approximate surface area is 374 Å². The minimum Gasteiger partial charge on any atom is -0.356 e. The highest BCUT2D eigenvalue weighted by Crippen LogP contribution is 2.39. The van der Waals surface area contributed by atoms with Gasteiger partial charge in [0.2, 0.25) is 5.78 Å². The molecule has 0 unspecified atom stereocenters. The van der Waals surface area contributed by atoms with Gasteiger partial charge in [-0.2, -0.15) is 43.9 Å². The number of hydrogen-bond acceptors (Lipinski definition) is 16. The highest BCUT2D eigenvalue weighted by atomic mass is 32.2. The van der Waals surface area contributed by atoms with E-state index in [-0.39, 0.29) is 61.1 Å². The first-order chi connectivity index (χ1) is 31.1. The summed E-state index contributed by atoms with van der Waals surface area (Å²) in [4.78, 5) is 11.4. The van der Waals surface area contributed by atoms with Crippen LogP contribution in [0, 0.1) is 0 Å². The topological polar surface area (TPSA) is 320 Å². The Morgan fingerprint density at radius 2 is 1.02 bits per heavy atom. The van der Waals surface area contributed by atoms with E-state index >= 15 is 0 Å². The van der Waals surface area contributed by atoms with Gasteiger partial charge in [-0.1, -0.05) is 36.4 Å². The maximum absolute atomic E-state index is 13.8. The van der Waals surface area contributed by atoms with E-state index in [1.165, 1.54) is 60.7 Å². The normalized spacial score (nSPS) is 14.3. The van der Waals surface area contributed by atoms with Crippen molar-refractivity contribution >= 4 is 119 Å². The summed E-state index contributed by atoms with van der Waals surface area (Å²) >= 11 is 0. The van der Waals surface area contributed by atoms with Crippen LogP contribution in [-0.2, 0) is 40.5 Å². The van der Waals surface area contributed by atoms with Crippen LogP contribution < -0.4 is 10.7 Å². The maximum atomic E-state index is 13.8. The number of anilines is 3. The molecule has 0 heterocycles. The molecule has 0 saturated carbocycles. The van der Waals surface area contributed by atoms with Crippen molar-refractivity contribution in [3.63, 3.8) is 0 Å². The molecule has 66 heavy (non-hydrogen) atoms. The number of benzene rings is 7. The lowest BCUT2D eigenvalue weighted by molar-refractivity contribution is 0.106. The quantitative estimate of drug-likeness (QED) is 0.0377. The van der Waals surface area contributed by atoms with Crippen LogP contribution in [0.4, 0.5) is 39.8 Å². The van der Waals surface area contributed by atoms with Gasteiger partial charge in [-0.25, -0.2) is 0 Å².